The Hall–Kier alpha value is -1.64. The van der Waals surface area contributed by atoms with Crippen molar-refractivity contribution in [2.75, 3.05) is 32.9 Å². The fourth-order valence-corrected chi connectivity index (χ4v) is 2.95. The van der Waals surface area contributed by atoms with Crippen molar-refractivity contribution in [2.45, 2.75) is 17.7 Å². The Labute approximate surface area is 124 Å². The monoisotopic (exact) mass is 315 g/mol. The lowest BCUT2D eigenvalue weighted by Gasteiger charge is -2.11. The van der Waals surface area contributed by atoms with Crippen molar-refractivity contribution in [3.05, 3.63) is 23.8 Å². The molecule has 118 valence electrons. The summed E-state index contributed by atoms with van der Waals surface area (Å²) in [6, 6.07) is 3.57. The minimum atomic E-state index is -3.72. The number of anilines is 1. The topological polar surface area (TPSA) is 113 Å². The number of benzene rings is 1. The van der Waals surface area contributed by atoms with Crippen molar-refractivity contribution in [1.82, 2.24) is 9.62 Å². The van der Waals surface area contributed by atoms with E-state index in [2.05, 4.69) is 4.72 Å². The van der Waals surface area contributed by atoms with Gasteiger partial charge >= 0.3 is 5.97 Å². The molecule has 1 aromatic carbocycles. The largest absolute Gasteiger partial charge is 0.478 e. The van der Waals surface area contributed by atoms with Crippen LogP contribution in [0.2, 0.25) is 0 Å². The summed E-state index contributed by atoms with van der Waals surface area (Å²) in [7, 11) is 0.191. The number of nitrogens with two attached hydrogens (primary N) is 1. The Kier molecular flexibility index (Phi) is 6.13. The second-order valence-electron chi connectivity index (χ2n) is 4.97. The van der Waals surface area contributed by atoms with Gasteiger partial charge in [-0.2, -0.15) is 0 Å². The molecule has 0 radical (unpaired) electrons. The highest BCUT2D eigenvalue weighted by Crippen LogP contribution is 2.19. The van der Waals surface area contributed by atoms with Crippen LogP contribution in [0.4, 0.5) is 5.69 Å². The summed E-state index contributed by atoms with van der Waals surface area (Å²) in [6.45, 7) is 1.20. The van der Waals surface area contributed by atoms with Crippen LogP contribution >= 0.6 is 0 Å². The maximum Gasteiger partial charge on any atom is 0.335 e. The number of nitrogens with zero attached hydrogens (tertiary/aromatic N) is 1. The number of carbonyl (C=O) groups is 1. The van der Waals surface area contributed by atoms with Crippen LogP contribution in [0.3, 0.4) is 0 Å². The van der Waals surface area contributed by atoms with Gasteiger partial charge in [0, 0.05) is 6.54 Å². The smallest absolute Gasteiger partial charge is 0.335 e. The molecule has 0 unspecified atom stereocenters. The lowest BCUT2D eigenvalue weighted by Crippen LogP contribution is -2.26. The molecular formula is C13H21N3O4S. The Balaban J connectivity index is 2.68. The van der Waals surface area contributed by atoms with Gasteiger partial charge in [-0.25, -0.2) is 17.9 Å². The highest BCUT2D eigenvalue weighted by atomic mass is 32.2. The molecule has 4 N–H and O–H groups in total. The second-order valence-corrected chi connectivity index (χ2v) is 6.70. The number of hydrogen-bond donors (Lipinski definition) is 3. The summed E-state index contributed by atoms with van der Waals surface area (Å²) < 4.78 is 26.6. The second kappa shape index (κ2) is 7.39. The third kappa shape index (κ3) is 5.33. The van der Waals surface area contributed by atoms with E-state index in [1.54, 1.807) is 0 Å². The molecule has 0 atom stereocenters. The molecule has 21 heavy (non-hydrogen) atoms. The van der Waals surface area contributed by atoms with Gasteiger partial charge in [-0.05, 0) is 51.7 Å². The first kappa shape index (κ1) is 17.4. The lowest BCUT2D eigenvalue weighted by atomic mass is 10.2. The first-order valence-corrected chi connectivity index (χ1v) is 7.99. The minimum absolute atomic E-state index is 0.0440. The summed E-state index contributed by atoms with van der Waals surface area (Å²) in [5, 5.41) is 8.82. The number of rotatable bonds is 8. The maximum atomic E-state index is 12.1. The summed E-state index contributed by atoms with van der Waals surface area (Å²) in [5.41, 5.74) is 5.51. The van der Waals surface area contributed by atoms with Crippen LogP contribution in [0.25, 0.3) is 0 Å². The number of nitrogen functional groups attached to an aromatic ring is 1. The van der Waals surface area contributed by atoms with Crippen molar-refractivity contribution >= 4 is 21.7 Å². The summed E-state index contributed by atoms with van der Waals surface area (Å²) in [5.74, 6) is -1.15. The van der Waals surface area contributed by atoms with E-state index in [4.69, 9.17) is 10.8 Å². The highest BCUT2D eigenvalue weighted by Gasteiger charge is 2.18. The third-order valence-electron chi connectivity index (χ3n) is 2.87. The molecule has 1 aromatic rings. The third-order valence-corrected chi connectivity index (χ3v) is 4.41. The average Bonchev–Trinajstić information content (AvgIpc) is 2.37. The Morgan fingerprint density at radius 1 is 1.33 bits per heavy atom. The lowest BCUT2D eigenvalue weighted by molar-refractivity contribution is 0.0697. The SMILES string of the molecule is CN(C)CCCCNS(=O)(=O)c1ccc(C(=O)O)cc1N. The van der Waals surface area contributed by atoms with Gasteiger partial charge in [0.2, 0.25) is 10.0 Å². The summed E-state index contributed by atoms with van der Waals surface area (Å²) >= 11 is 0. The molecule has 0 aliphatic rings. The van der Waals surface area contributed by atoms with Crippen LogP contribution in [-0.2, 0) is 10.0 Å². The molecule has 0 saturated carbocycles. The van der Waals surface area contributed by atoms with E-state index in [1.165, 1.54) is 12.1 Å². The predicted molar refractivity (Wildman–Crippen MR) is 80.8 cm³/mol. The Morgan fingerprint density at radius 3 is 2.52 bits per heavy atom. The molecule has 0 fully saturated rings. The predicted octanol–water partition coefficient (Wildman–Crippen LogP) is 0.587. The molecule has 8 heteroatoms. The van der Waals surface area contributed by atoms with E-state index < -0.39 is 16.0 Å². The van der Waals surface area contributed by atoms with E-state index in [9.17, 15) is 13.2 Å². The fourth-order valence-electron chi connectivity index (χ4n) is 1.76. The van der Waals surface area contributed by atoms with E-state index in [1.807, 2.05) is 19.0 Å². The van der Waals surface area contributed by atoms with Crippen molar-refractivity contribution in [2.24, 2.45) is 0 Å². The van der Waals surface area contributed by atoms with Crippen molar-refractivity contribution in [3.8, 4) is 0 Å². The number of sulfonamides is 1. The van der Waals surface area contributed by atoms with Gasteiger partial charge in [-0.3, -0.25) is 0 Å². The van der Waals surface area contributed by atoms with E-state index in [0.717, 1.165) is 19.0 Å². The normalized spacial score (nSPS) is 11.8. The molecule has 7 nitrogen and oxygen atoms in total. The maximum absolute atomic E-state index is 12.1. The number of nitrogens with one attached hydrogen (secondary N) is 1. The Morgan fingerprint density at radius 2 is 2.00 bits per heavy atom. The summed E-state index contributed by atoms with van der Waals surface area (Å²) in [4.78, 5) is 12.7. The average molecular weight is 315 g/mol. The van der Waals surface area contributed by atoms with Crippen LogP contribution < -0.4 is 10.5 Å². The van der Waals surface area contributed by atoms with Gasteiger partial charge in [0.1, 0.15) is 4.90 Å². The van der Waals surface area contributed by atoms with Crippen molar-refractivity contribution < 1.29 is 18.3 Å². The van der Waals surface area contributed by atoms with Gasteiger partial charge < -0.3 is 15.7 Å². The molecule has 0 spiro atoms. The van der Waals surface area contributed by atoms with Gasteiger partial charge in [0.25, 0.3) is 0 Å². The number of aromatic carboxylic acids is 1. The van der Waals surface area contributed by atoms with Gasteiger partial charge in [-0.15, -0.1) is 0 Å². The molecule has 1 rings (SSSR count). The van der Waals surface area contributed by atoms with Gasteiger partial charge in [-0.1, -0.05) is 0 Å². The molecule has 0 aliphatic heterocycles. The van der Waals surface area contributed by atoms with E-state index >= 15 is 0 Å². The fraction of sp³-hybridized carbons (Fsp3) is 0.462. The summed E-state index contributed by atoms with van der Waals surface area (Å²) in [6.07, 6.45) is 1.59. The number of hydrogen-bond acceptors (Lipinski definition) is 5. The van der Waals surface area contributed by atoms with Crippen molar-refractivity contribution in [1.29, 1.82) is 0 Å². The van der Waals surface area contributed by atoms with Crippen LogP contribution in [0.1, 0.15) is 23.2 Å². The zero-order chi connectivity index (χ0) is 16.0. The molecule has 0 heterocycles. The Bertz CT molecular complexity index is 599. The number of unbranched alkanes of at least 4 members (excludes halogenated alkanes) is 1. The quantitative estimate of drug-likeness (QED) is 0.478. The molecule has 0 bridgehead atoms. The van der Waals surface area contributed by atoms with Crippen molar-refractivity contribution in [3.63, 3.8) is 0 Å². The minimum Gasteiger partial charge on any atom is -0.478 e. The molecule has 0 amide bonds. The molecule has 0 aromatic heterocycles. The highest BCUT2D eigenvalue weighted by molar-refractivity contribution is 7.89. The standard InChI is InChI=1S/C13H21N3O4S/c1-16(2)8-4-3-7-15-21(19,20)12-6-5-10(13(17)18)9-11(12)14/h5-6,9,15H,3-4,7-8,14H2,1-2H3,(H,17,18). The van der Waals surface area contributed by atoms with E-state index in [0.29, 0.717) is 13.0 Å². The first-order chi connectivity index (χ1) is 9.74. The zero-order valence-electron chi connectivity index (χ0n) is 12.2. The number of carboxylic acids is 1. The van der Waals surface area contributed by atoms with Crippen LogP contribution in [0.5, 0.6) is 0 Å². The van der Waals surface area contributed by atoms with E-state index in [-0.39, 0.29) is 16.1 Å². The zero-order valence-corrected chi connectivity index (χ0v) is 13.0. The van der Waals surface area contributed by atoms with Crippen LogP contribution in [-0.4, -0.2) is 51.6 Å². The van der Waals surface area contributed by atoms with Crippen LogP contribution in [0.15, 0.2) is 23.1 Å². The molecular weight excluding hydrogens is 294 g/mol. The molecule has 0 aliphatic carbocycles. The van der Waals surface area contributed by atoms with Gasteiger partial charge in [0.15, 0.2) is 0 Å². The van der Waals surface area contributed by atoms with Crippen LogP contribution in [0, 0.1) is 0 Å². The first-order valence-electron chi connectivity index (χ1n) is 6.51. The van der Waals surface area contributed by atoms with Gasteiger partial charge in [0.05, 0.1) is 11.3 Å². The molecule has 0 saturated heterocycles. The number of carboxylic acid groups (broad SMARTS) is 1.